The van der Waals surface area contributed by atoms with Crippen molar-refractivity contribution in [2.45, 2.75) is 25.8 Å². The number of piperidine rings is 1. The van der Waals surface area contributed by atoms with E-state index in [-0.39, 0.29) is 17.9 Å². The van der Waals surface area contributed by atoms with Gasteiger partial charge in [0, 0.05) is 24.7 Å². The average Bonchev–Trinajstić information content (AvgIpc) is 2.32. The van der Waals surface area contributed by atoms with Crippen LogP contribution in [0, 0.1) is 6.92 Å². The number of rotatable bonds is 2. The van der Waals surface area contributed by atoms with Gasteiger partial charge in [0.25, 0.3) is 5.91 Å². The minimum Gasteiger partial charge on any atom is -0.354 e. The molecule has 5 nitrogen and oxygen atoms in total. The van der Waals surface area contributed by atoms with Crippen LogP contribution >= 0.6 is 0 Å². The molecular formula is C12H15N3O2. The van der Waals surface area contributed by atoms with Crippen LogP contribution in [-0.2, 0) is 4.79 Å². The van der Waals surface area contributed by atoms with Crippen LogP contribution in [0.5, 0.6) is 0 Å². The molecule has 1 aliphatic rings. The third kappa shape index (κ3) is 3.03. The van der Waals surface area contributed by atoms with Gasteiger partial charge in [0.2, 0.25) is 5.91 Å². The Hall–Kier alpha value is -1.91. The fourth-order valence-corrected chi connectivity index (χ4v) is 1.78. The second-order valence-corrected chi connectivity index (χ2v) is 4.18. The van der Waals surface area contributed by atoms with E-state index in [9.17, 15) is 9.59 Å². The van der Waals surface area contributed by atoms with Gasteiger partial charge in [-0.15, -0.1) is 0 Å². The van der Waals surface area contributed by atoms with Crippen molar-refractivity contribution in [2.24, 2.45) is 0 Å². The van der Waals surface area contributed by atoms with Gasteiger partial charge in [-0.05, 0) is 25.5 Å². The van der Waals surface area contributed by atoms with Gasteiger partial charge >= 0.3 is 0 Å². The lowest BCUT2D eigenvalue weighted by molar-refractivity contribution is -0.122. The van der Waals surface area contributed by atoms with E-state index in [0.717, 1.165) is 5.69 Å². The first-order valence-electron chi connectivity index (χ1n) is 5.66. The van der Waals surface area contributed by atoms with Crippen molar-refractivity contribution in [1.82, 2.24) is 15.6 Å². The molecule has 90 valence electrons. The third-order valence-electron chi connectivity index (χ3n) is 2.72. The largest absolute Gasteiger partial charge is 0.354 e. The number of nitrogens with zero attached hydrogens (tertiary/aromatic N) is 1. The van der Waals surface area contributed by atoms with Crippen LogP contribution in [-0.4, -0.2) is 29.4 Å². The van der Waals surface area contributed by atoms with E-state index in [2.05, 4.69) is 15.6 Å². The fraction of sp³-hybridized carbons (Fsp3) is 0.417. The lowest BCUT2D eigenvalue weighted by atomic mass is 10.1. The van der Waals surface area contributed by atoms with E-state index in [4.69, 9.17) is 0 Å². The average molecular weight is 233 g/mol. The Morgan fingerprint density at radius 1 is 1.53 bits per heavy atom. The van der Waals surface area contributed by atoms with E-state index in [1.807, 2.05) is 13.0 Å². The second kappa shape index (κ2) is 4.95. The zero-order valence-corrected chi connectivity index (χ0v) is 9.69. The first-order valence-corrected chi connectivity index (χ1v) is 5.66. The van der Waals surface area contributed by atoms with Gasteiger partial charge in [-0.25, -0.2) is 4.98 Å². The molecule has 5 heteroatoms. The van der Waals surface area contributed by atoms with Crippen LogP contribution in [0.3, 0.4) is 0 Å². The first-order chi connectivity index (χ1) is 8.15. The molecule has 2 heterocycles. The Morgan fingerprint density at radius 3 is 3.00 bits per heavy atom. The normalized spacial score (nSPS) is 19.6. The van der Waals surface area contributed by atoms with Crippen molar-refractivity contribution < 1.29 is 9.59 Å². The van der Waals surface area contributed by atoms with Crippen LogP contribution < -0.4 is 10.6 Å². The molecule has 17 heavy (non-hydrogen) atoms. The molecule has 1 unspecified atom stereocenters. The molecule has 1 fully saturated rings. The van der Waals surface area contributed by atoms with Crippen LogP contribution in [0.1, 0.15) is 29.0 Å². The highest BCUT2D eigenvalue weighted by molar-refractivity contribution is 5.92. The SMILES string of the molecule is Cc1cccc(C(=O)NC2CCC(=O)NC2)n1. The van der Waals surface area contributed by atoms with Gasteiger partial charge in [0.15, 0.2) is 0 Å². The molecule has 1 saturated heterocycles. The fourth-order valence-electron chi connectivity index (χ4n) is 1.78. The van der Waals surface area contributed by atoms with E-state index >= 15 is 0 Å². The minimum atomic E-state index is -0.185. The Morgan fingerprint density at radius 2 is 2.35 bits per heavy atom. The van der Waals surface area contributed by atoms with Crippen molar-refractivity contribution in [3.05, 3.63) is 29.6 Å². The summed E-state index contributed by atoms with van der Waals surface area (Å²) in [4.78, 5) is 27.0. The van der Waals surface area contributed by atoms with Gasteiger partial charge < -0.3 is 10.6 Å². The van der Waals surface area contributed by atoms with Crippen LogP contribution in [0.15, 0.2) is 18.2 Å². The maximum absolute atomic E-state index is 11.9. The summed E-state index contributed by atoms with van der Waals surface area (Å²) in [6.07, 6.45) is 1.15. The molecule has 2 rings (SSSR count). The van der Waals surface area contributed by atoms with Crippen molar-refractivity contribution in [3.63, 3.8) is 0 Å². The smallest absolute Gasteiger partial charge is 0.270 e. The summed E-state index contributed by atoms with van der Waals surface area (Å²) in [5.41, 5.74) is 1.23. The van der Waals surface area contributed by atoms with Crippen molar-refractivity contribution in [1.29, 1.82) is 0 Å². The molecule has 1 aliphatic heterocycles. The van der Waals surface area contributed by atoms with Crippen molar-refractivity contribution >= 4 is 11.8 Å². The molecule has 0 radical (unpaired) electrons. The minimum absolute atomic E-state index is 0.00233. The van der Waals surface area contributed by atoms with Crippen LogP contribution in [0.25, 0.3) is 0 Å². The molecular weight excluding hydrogens is 218 g/mol. The number of aryl methyl sites for hydroxylation is 1. The molecule has 2 N–H and O–H groups in total. The third-order valence-corrected chi connectivity index (χ3v) is 2.72. The molecule has 0 bridgehead atoms. The summed E-state index contributed by atoms with van der Waals surface area (Å²) < 4.78 is 0. The number of carbonyl (C=O) groups is 2. The Balaban J connectivity index is 1.95. The van der Waals surface area contributed by atoms with E-state index in [0.29, 0.717) is 25.1 Å². The molecule has 1 aromatic heterocycles. The summed E-state index contributed by atoms with van der Waals surface area (Å²) >= 11 is 0. The maximum Gasteiger partial charge on any atom is 0.270 e. The lowest BCUT2D eigenvalue weighted by Crippen LogP contribution is -2.47. The molecule has 0 saturated carbocycles. The Bertz CT molecular complexity index is 435. The van der Waals surface area contributed by atoms with Crippen molar-refractivity contribution in [2.75, 3.05) is 6.54 Å². The number of carbonyl (C=O) groups excluding carboxylic acids is 2. The standard InChI is InChI=1S/C12H15N3O2/c1-8-3-2-4-10(14-8)12(17)15-9-5-6-11(16)13-7-9/h2-4,9H,5-7H2,1H3,(H,13,16)(H,15,17). The van der Waals surface area contributed by atoms with Gasteiger partial charge in [0.1, 0.15) is 5.69 Å². The van der Waals surface area contributed by atoms with E-state index in [1.54, 1.807) is 12.1 Å². The number of aromatic nitrogens is 1. The highest BCUT2D eigenvalue weighted by Crippen LogP contribution is 2.04. The summed E-state index contributed by atoms with van der Waals surface area (Å²) in [6, 6.07) is 5.34. The van der Waals surface area contributed by atoms with Gasteiger partial charge in [-0.1, -0.05) is 6.07 Å². The lowest BCUT2D eigenvalue weighted by Gasteiger charge is -2.23. The monoisotopic (exact) mass is 233 g/mol. The molecule has 1 atom stereocenters. The zero-order chi connectivity index (χ0) is 12.3. The number of hydrogen-bond donors (Lipinski definition) is 2. The predicted molar refractivity (Wildman–Crippen MR) is 62.5 cm³/mol. The quantitative estimate of drug-likeness (QED) is 0.776. The molecule has 0 aliphatic carbocycles. The van der Waals surface area contributed by atoms with Gasteiger partial charge in [-0.3, -0.25) is 9.59 Å². The van der Waals surface area contributed by atoms with Gasteiger partial charge in [-0.2, -0.15) is 0 Å². The Kier molecular flexibility index (Phi) is 3.37. The number of amides is 2. The number of pyridine rings is 1. The maximum atomic E-state index is 11.9. The first kappa shape index (κ1) is 11.6. The summed E-state index contributed by atoms with van der Waals surface area (Å²) in [5.74, 6) is -0.140. The number of nitrogens with one attached hydrogen (secondary N) is 2. The highest BCUT2D eigenvalue weighted by Gasteiger charge is 2.20. The highest BCUT2D eigenvalue weighted by atomic mass is 16.2. The molecule has 0 aromatic carbocycles. The van der Waals surface area contributed by atoms with Crippen LogP contribution in [0.2, 0.25) is 0 Å². The second-order valence-electron chi connectivity index (χ2n) is 4.18. The zero-order valence-electron chi connectivity index (χ0n) is 9.69. The Labute approximate surface area is 99.6 Å². The topological polar surface area (TPSA) is 71.1 Å². The number of hydrogen-bond acceptors (Lipinski definition) is 3. The summed E-state index contributed by atoms with van der Waals surface area (Å²) in [5, 5.41) is 5.59. The van der Waals surface area contributed by atoms with Crippen LogP contribution in [0.4, 0.5) is 0 Å². The van der Waals surface area contributed by atoms with Crippen molar-refractivity contribution in [3.8, 4) is 0 Å². The predicted octanol–water partition coefficient (Wildman–Crippen LogP) is 0.398. The summed E-state index contributed by atoms with van der Waals surface area (Å²) in [7, 11) is 0. The van der Waals surface area contributed by atoms with E-state index in [1.165, 1.54) is 0 Å². The molecule has 1 aromatic rings. The summed E-state index contributed by atoms with van der Waals surface area (Å²) in [6.45, 7) is 2.34. The molecule has 2 amide bonds. The van der Waals surface area contributed by atoms with E-state index < -0.39 is 0 Å². The van der Waals surface area contributed by atoms with Gasteiger partial charge in [0.05, 0.1) is 0 Å². The molecule has 0 spiro atoms.